The van der Waals surface area contributed by atoms with E-state index in [0.717, 1.165) is 28.4 Å². The lowest BCUT2D eigenvalue weighted by Gasteiger charge is -2.14. The minimum absolute atomic E-state index is 0.0659. The second-order valence-electron chi connectivity index (χ2n) is 7.20. The van der Waals surface area contributed by atoms with Crippen molar-refractivity contribution in [2.45, 2.75) is 6.54 Å². The molecule has 7 heteroatoms. The summed E-state index contributed by atoms with van der Waals surface area (Å²) in [7, 11) is 1.62. The molecule has 1 amide bonds. The summed E-state index contributed by atoms with van der Waals surface area (Å²) >= 11 is 6.76. The van der Waals surface area contributed by atoms with Gasteiger partial charge in [-0.2, -0.15) is 0 Å². The van der Waals surface area contributed by atoms with Gasteiger partial charge in [-0.05, 0) is 41.5 Å². The van der Waals surface area contributed by atoms with Crippen LogP contribution in [0.15, 0.2) is 83.8 Å². The van der Waals surface area contributed by atoms with Crippen LogP contribution in [0.2, 0.25) is 0 Å². The molecule has 1 aliphatic heterocycles. The Morgan fingerprint density at radius 3 is 2.30 bits per heavy atom. The molecular formula is C26H23NO4S2. The lowest BCUT2D eigenvalue weighted by molar-refractivity contribution is -0.122. The van der Waals surface area contributed by atoms with E-state index < -0.39 is 0 Å². The number of carbonyl (C=O) groups is 1. The van der Waals surface area contributed by atoms with E-state index in [9.17, 15) is 4.79 Å². The molecule has 0 aliphatic carbocycles. The SMILES string of the molecule is COc1cccc(OCCOc2ccc(/C=C3/SC(=S)N(Cc4ccccc4)C3=O)cc2)c1. The van der Waals surface area contributed by atoms with Crippen LogP contribution in [0.25, 0.3) is 6.08 Å². The summed E-state index contributed by atoms with van der Waals surface area (Å²) in [5.74, 6) is 2.15. The van der Waals surface area contributed by atoms with E-state index in [1.165, 1.54) is 11.8 Å². The molecule has 0 saturated carbocycles. The van der Waals surface area contributed by atoms with Crippen molar-refractivity contribution in [1.29, 1.82) is 0 Å². The Kier molecular flexibility index (Phi) is 7.65. The van der Waals surface area contributed by atoms with Crippen LogP contribution in [0.5, 0.6) is 17.2 Å². The lowest BCUT2D eigenvalue weighted by Crippen LogP contribution is -2.27. The fraction of sp³-hybridized carbons (Fsp3) is 0.154. The smallest absolute Gasteiger partial charge is 0.266 e. The molecule has 33 heavy (non-hydrogen) atoms. The van der Waals surface area contributed by atoms with Gasteiger partial charge in [0.2, 0.25) is 0 Å². The summed E-state index contributed by atoms with van der Waals surface area (Å²) in [6, 6.07) is 24.9. The molecule has 5 nitrogen and oxygen atoms in total. The van der Waals surface area contributed by atoms with Crippen LogP contribution in [-0.4, -0.2) is 35.5 Å². The van der Waals surface area contributed by atoms with Crippen molar-refractivity contribution in [3.05, 3.63) is 94.9 Å². The van der Waals surface area contributed by atoms with Gasteiger partial charge in [0.15, 0.2) is 0 Å². The number of amides is 1. The van der Waals surface area contributed by atoms with Crippen LogP contribution < -0.4 is 14.2 Å². The Morgan fingerprint density at radius 1 is 0.879 bits per heavy atom. The highest BCUT2D eigenvalue weighted by Crippen LogP contribution is 2.33. The van der Waals surface area contributed by atoms with Gasteiger partial charge in [-0.3, -0.25) is 9.69 Å². The first-order valence-electron chi connectivity index (χ1n) is 10.4. The predicted molar refractivity (Wildman–Crippen MR) is 136 cm³/mol. The third-order valence-electron chi connectivity index (χ3n) is 4.90. The summed E-state index contributed by atoms with van der Waals surface area (Å²) < 4.78 is 17.2. The molecule has 0 atom stereocenters. The Morgan fingerprint density at radius 2 is 1.58 bits per heavy atom. The van der Waals surface area contributed by atoms with Crippen LogP contribution in [0.1, 0.15) is 11.1 Å². The van der Waals surface area contributed by atoms with E-state index in [-0.39, 0.29) is 5.91 Å². The normalized spacial score (nSPS) is 14.6. The van der Waals surface area contributed by atoms with Crippen molar-refractivity contribution < 1.29 is 19.0 Å². The predicted octanol–water partition coefficient (Wildman–Crippen LogP) is 5.55. The number of hydrogen-bond acceptors (Lipinski definition) is 6. The van der Waals surface area contributed by atoms with Gasteiger partial charge in [0.25, 0.3) is 5.91 Å². The van der Waals surface area contributed by atoms with Gasteiger partial charge in [-0.25, -0.2) is 0 Å². The molecule has 3 aromatic carbocycles. The molecule has 1 fully saturated rings. The number of ether oxygens (including phenoxy) is 3. The van der Waals surface area contributed by atoms with E-state index in [2.05, 4.69) is 0 Å². The number of carbonyl (C=O) groups excluding carboxylic acids is 1. The molecule has 168 valence electrons. The molecule has 0 unspecified atom stereocenters. The number of methoxy groups -OCH3 is 1. The summed E-state index contributed by atoms with van der Waals surface area (Å²) in [5.41, 5.74) is 1.96. The number of nitrogens with zero attached hydrogens (tertiary/aromatic N) is 1. The molecule has 1 saturated heterocycles. The first-order valence-corrected chi connectivity index (χ1v) is 11.6. The minimum Gasteiger partial charge on any atom is -0.497 e. The van der Waals surface area contributed by atoms with Gasteiger partial charge >= 0.3 is 0 Å². The molecule has 0 radical (unpaired) electrons. The Balaban J connectivity index is 1.29. The van der Waals surface area contributed by atoms with Crippen LogP contribution in [0, 0.1) is 0 Å². The maximum Gasteiger partial charge on any atom is 0.266 e. The van der Waals surface area contributed by atoms with E-state index in [1.807, 2.05) is 84.9 Å². The highest BCUT2D eigenvalue weighted by atomic mass is 32.2. The summed E-state index contributed by atoms with van der Waals surface area (Å²) in [6.45, 7) is 1.31. The molecule has 0 aromatic heterocycles. The zero-order chi connectivity index (χ0) is 23.0. The highest BCUT2D eigenvalue weighted by Gasteiger charge is 2.31. The molecule has 0 spiro atoms. The number of thiocarbonyl (C=S) groups is 1. The minimum atomic E-state index is -0.0659. The van der Waals surface area contributed by atoms with Crippen LogP contribution in [0.4, 0.5) is 0 Å². The first-order chi connectivity index (χ1) is 16.1. The van der Waals surface area contributed by atoms with E-state index in [0.29, 0.717) is 29.0 Å². The van der Waals surface area contributed by atoms with Gasteiger partial charge in [-0.15, -0.1) is 0 Å². The highest BCUT2D eigenvalue weighted by molar-refractivity contribution is 8.26. The summed E-state index contributed by atoms with van der Waals surface area (Å²) in [5, 5.41) is 0. The van der Waals surface area contributed by atoms with Crippen molar-refractivity contribution >= 4 is 40.3 Å². The summed E-state index contributed by atoms with van der Waals surface area (Å²) in [4.78, 5) is 15.1. The Hall–Kier alpha value is -3.29. The first kappa shape index (κ1) is 22.9. The van der Waals surface area contributed by atoms with Crippen molar-refractivity contribution in [2.75, 3.05) is 20.3 Å². The maximum absolute atomic E-state index is 12.8. The quantitative estimate of drug-likeness (QED) is 0.229. The van der Waals surface area contributed by atoms with E-state index >= 15 is 0 Å². The molecule has 1 heterocycles. The number of rotatable bonds is 9. The Labute approximate surface area is 203 Å². The number of hydrogen-bond donors (Lipinski definition) is 0. The monoisotopic (exact) mass is 477 g/mol. The maximum atomic E-state index is 12.8. The average molecular weight is 478 g/mol. The van der Waals surface area contributed by atoms with Crippen molar-refractivity contribution in [1.82, 2.24) is 4.90 Å². The van der Waals surface area contributed by atoms with Gasteiger partial charge < -0.3 is 14.2 Å². The molecule has 4 rings (SSSR count). The average Bonchev–Trinajstić information content (AvgIpc) is 3.11. The molecule has 1 aliphatic rings. The zero-order valence-corrected chi connectivity index (χ0v) is 19.7. The van der Waals surface area contributed by atoms with Crippen LogP contribution in [0.3, 0.4) is 0 Å². The molecule has 3 aromatic rings. The van der Waals surface area contributed by atoms with Gasteiger partial charge in [0, 0.05) is 6.07 Å². The second-order valence-corrected chi connectivity index (χ2v) is 8.87. The lowest BCUT2D eigenvalue weighted by atomic mass is 10.2. The zero-order valence-electron chi connectivity index (χ0n) is 18.1. The topological polar surface area (TPSA) is 48.0 Å². The van der Waals surface area contributed by atoms with Gasteiger partial charge in [0.05, 0.1) is 18.6 Å². The summed E-state index contributed by atoms with van der Waals surface area (Å²) in [6.07, 6.45) is 1.86. The van der Waals surface area contributed by atoms with Crippen molar-refractivity contribution in [3.8, 4) is 17.2 Å². The third-order valence-corrected chi connectivity index (χ3v) is 6.27. The van der Waals surface area contributed by atoms with Crippen molar-refractivity contribution in [3.63, 3.8) is 0 Å². The molecule has 0 bridgehead atoms. The molecule has 0 N–H and O–H groups in total. The fourth-order valence-corrected chi connectivity index (χ4v) is 4.48. The van der Waals surface area contributed by atoms with Gasteiger partial charge in [-0.1, -0.05) is 72.5 Å². The third kappa shape index (κ3) is 6.15. The Bertz CT molecular complexity index is 1150. The largest absolute Gasteiger partial charge is 0.497 e. The second kappa shape index (κ2) is 11.0. The molecular weight excluding hydrogens is 454 g/mol. The standard InChI is InChI=1S/C26H23NO4S2/c1-29-22-8-5-9-23(17-22)31-15-14-30-21-12-10-19(11-13-21)16-24-25(28)27(26(32)33-24)18-20-6-3-2-4-7-20/h2-13,16-17H,14-15,18H2,1H3/b24-16+. The van der Waals surface area contributed by atoms with Crippen LogP contribution in [-0.2, 0) is 11.3 Å². The van der Waals surface area contributed by atoms with E-state index in [4.69, 9.17) is 26.4 Å². The van der Waals surface area contributed by atoms with Crippen LogP contribution >= 0.6 is 24.0 Å². The number of thioether (sulfide) groups is 1. The van der Waals surface area contributed by atoms with E-state index in [1.54, 1.807) is 12.0 Å². The van der Waals surface area contributed by atoms with Crippen molar-refractivity contribution in [2.24, 2.45) is 0 Å². The fourth-order valence-electron chi connectivity index (χ4n) is 3.22. The van der Waals surface area contributed by atoms with Gasteiger partial charge in [0.1, 0.15) is 34.8 Å². The number of benzene rings is 3.